The monoisotopic (exact) mass is 348 g/mol. The van der Waals surface area contributed by atoms with Gasteiger partial charge in [0.15, 0.2) is 0 Å². The second kappa shape index (κ2) is 5.18. The number of benzene rings is 1. The summed E-state index contributed by atoms with van der Waals surface area (Å²) in [6, 6.07) is 5.25. The molecule has 0 bridgehead atoms. The van der Waals surface area contributed by atoms with Crippen molar-refractivity contribution in [3.05, 3.63) is 31.9 Å². The van der Waals surface area contributed by atoms with Crippen LogP contribution in [0.1, 0.15) is 12.8 Å². The third kappa shape index (κ3) is 2.52. The molecular weight excluding hydrogens is 335 g/mol. The van der Waals surface area contributed by atoms with Crippen LogP contribution in [0.15, 0.2) is 18.2 Å². The lowest BCUT2D eigenvalue weighted by atomic mass is 10.2. The van der Waals surface area contributed by atoms with Gasteiger partial charge in [0.2, 0.25) is 0 Å². The first kappa shape index (κ1) is 12.6. The Kier molecular flexibility index (Phi) is 3.82. The number of aliphatic hydroxyl groups is 1. The molecule has 1 aliphatic heterocycles. The molecule has 92 valence electrons. The maximum Gasteiger partial charge on any atom is 0.282 e. The van der Waals surface area contributed by atoms with Crippen molar-refractivity contribution in [2.45, 2.75) is 18.9 Å². The van der Waals surface area contributed by atoms with Gasteiger partial charge < -0.3 is 10.0 Å². The Balaban J connectivity index is 2.28. The number of aliphatic hydroxyl groups excluding tert-OH is 1. The Morgan fingerprint density at radius 3 is 2.94 bits per heavy atom. The maximum atomic E-state index is 10.7. The Hall–Kier alpha value is -0.890. The number of nitrogens with zero attached hydrogens (tertiary/aromatic N) is 2. The van der Waals surface area contributed by atoms with Crippen LogP contribution in [0.4, 0.5) is 11.4 Å². The van der Waals surface area contributed by atoms with Gasteiger partial charge in [-0.25, -0.2) is 0 Å². The number of nitro benzene ring substituents is 1. The Labute approximate surface area is 113 Å². The van der Waals surface area contributed by atoms with Crippen molar-refractivity contribution in [3.8, 4) is 0 Å². The van der Waals surface area contributed by atoms with Crippen LogP contribution >= 0.6 is 22.6 Å². The topological polar surface area (TPSA) is 66.6 Å². The number of halogens is 1. The second-order valence-corrected chi connectivity index (χ2v) is 5.23. The Bertz CT molecular complexity index is 439. The van der Waals surface area contributed by atoms with Crippen LogP contribution in [-0.2, 0) is 0 Å². The normalized spacial score (nSPS) is 19.6. The number of nitro groups is 1. The second-order valence-electron chi connectivity index (χ2n) is 4.06. The average molecular weight is 348 g/mol. The van der Waals surface area contributed by atoms with Gasteiger partial charge in [-0.1, -0.05) is 0 Å². The van der Waals surface area contributed by atoms with Crippen molar-refractivity contribution >= 4 is 34.0 Å². The highest BCUT2D eigenvalue weighted by Gasteiger charge is 2.25. The third-order valence-corrected chi connectivity index (χ3v) is 3.91. The molecule has 0 spiro atoms. The first-order valence-corrected chi connectivity index (χ1v) is 6.53. The minimum Gasteiger partial charge on any atom is -0.394 e. The van der Waals surface area contributed by atoms with Crippen molar-refractivity contribution in [1.29, 1.82) is 0 Å². The molecule has 0 amide bonds. The molecule has 1 saturated heterocycles. The van der Waals surface area contributed by atoms with Crippen molar-refractivity contribution in [2.75, 3.05) is 18.1 Å². The van der Waals surface area contributed by atoms with Crippen LogP contribution in [0.3, 0.4) is 0 Å². The molecule has 1 atom stereocenters. The summed E-state index contributed by atoms with van der Waals surface area (Å²) in [4.78, 5) is 12.5. The zero-order valence-corrected chi connectivity index (χ0v) is 11.3. The maximum absolute atomic E-state index is 10.7. The molecule has 6 heteroatoms. The van der Waals surface area contributed by atoms with E-state index in [2.05, 4.69) is 4.90 Å². The van der Waals surface area contributed by atoms with Gasteiger partial charge in [-0.3, -0.25) is 10.1 Å². The Morgan fingerprint density at radius 1 is 1.59 bits per heavy atom. The number of rotatable bonds is 3. The molecule has 1 aromatic carbocycles. The fourth-order valence-corrected chi connectivity index (χ4v) is 2.88. The fourth-order valence-electron chi connectivity index (χ4n) is 2.19. The molecular formula is C11H13IN2O3. The summed E-state index contributed by atoms with van der Waals surface area (Å²) in [6.45, 7) is 1.03. The van der Waals surface area contributed by atoms with Crippen molar-refractivity contribution in [1.82, 2.24) is 0 Å². The van der Waals surface area contributed by atoms with E-state index in [9.17, 15) is 15.2 Å². The van der Waals surface area contributed by atoms with E-state index in [1.54, 1.807) is 6.07 Å². The lowest BCUT2D eigenvalue weighted by Crippen LogP contribution is -2.32. The molecule has 1 aliphatic rings. The van der Waals surface area contributed by atoms with Crippen LogP contribution in [0, 0.1) is 13.7 Å². The molecule has 1 unspecified atom stereocenters. The molecule has 1 N–H and O–H groups in total. The van der Waals surface area contributed by atoms with Gasteiger partial charge in [-0.2, -0.15) is 0 Å². The van der Waals surface area contributed by atoms with Gasteiger partial charge in [0.1, 0.15) is 0 Å². The zero-order chi connectivity index (χ0) is 12.4. The third-order valence-electron chi connectivity index (χ3n) is 3.05. The highest BCUT2D eigenvalue weighted by molar-refractivity contribution is 14.1. The summed E-state index contributed by atoms with van der Waals surface area (Å²) >= 11 is 1.98. The van der Waals surface area contributed by atoms with Crippen LogP contribution < -0.4 is 4.90 Å². The quantitative estimate of drug-likeness (QED) is 0.517. The number of hydrogen-bond donors (Lipinski definition) is 1. The van der Waals surface area contributed by atoms with Crippen LogP contribution in [0.25, 0.3) is 0 Å². The van der Waals surface area contributed by atoms with Crippen molar-refractivity contribution in [3.63, 3.8) is 0 Å². The van der Waals surface area contributed by atoms with E-state index in [4.69, 9.17) is 0 Å². The van der Waals surface area contributed by atoms with Crippen LogP contribution in [-0.4, -0.2) is 29.2 Å². The summed E-state index contributed by atoms with van der Waals surface area (Å²) in [6.07, 6.45) is 2.03. The molecule has 5 nitrogen and oxygen atoms in total. The van der Waals surface area contributed by atoms with Gasteiger partial charge in [-0.05, 0) is 47.6 Å². The zero-order valence-electron chi connectivity index (χ0n) is 9.17. The SMILES string of the molecule is O=[N+]([O-])c1ccc(N2CCCC2CO)cc1I. The smallest absolute Gasteiger partial charge is 0.282 e. The van der Waals surface area contributed by atoms with Crippen LogP contribution in [0.5, 0.6) is 0 Å². The lowest BCUT2D eigenvalue weighted by molar-refractivity contribution is -0.385. The average Bonchev–Trinajstić information content (AvgIpc) is 2.76. The van der Waals surface area contributed by atoms with Crippen molar-refractivity contribution < 1.29 is 10.0 Å². The van der Waals surface area contributed by atoms with E-state index >= 15 is 0 Å². The molecule has 1 fully saturated rings. The van der Waals surface area contributed by atoms with E-state index in [1.807, 2.05) is 28.7 Å². The van der Waals surface area contributed by atoms with Crippen molar-refractivity contribution in [2.24, 2.45) is 0 Å². The lowest BCUT2D eigenvalue weighted by Gasteiger charge is -2.25. The van der Waals surface area contributed by atoms with E-state index in [0.29, 0.717) is 3.57 Å². The molecule has 17 heavy (non-hydrogen) atoms. The predicted octanol–water partition coefficient (Wildman–Crippen LogP) is 2.16. The fraction of sp³-hybridized carbons (Fsp3) is 0.455. The standard InChI is InChI=1S/C11H13IN2O3/c12-10-6-8(3-4-11(10)14(16)17)13-5-1-2-9(13)7-15/h3-4,6,9,15H,1-2,5,7H2. The van der Waals surface area contributed by atoms with E-state index in [0.717, 1.165) is 25.1 Å². The molecule has 0 aromatic heterocycles. The van der Waals surface area contributed by atoms with Gasteiger partial charge in [0.05, 0.1) is 21.1 Å². The molecule has 0 saturated carbocycles. The Morgan fingerprint density at radius 2 is 2.35 bits per heavy atom. The van der Waals surface area contributed by atoms with E-state index < -0.39 is 0 Å². The molecule has 0 radical (unpaired) electrons. The van der Waals surface area contributed by atoms with Gasteiger partial charge in [-0.15, -0.1) is 0 Å². The highest BCUT2D eigenvalue weighted by Crippen LogP contribution is 2.30. The number of anilines is 1. The molecule has 1 aromatic rings. The van der Waals surface area contributed by atoms with E-state index in [1.165, 1.54) is 6.07 Å². The molecule has 1 heterocycles. The summed E-state index contributed by atoms with van der Waals surface area (Å²) in [5.74, 6) is 0. The first-order valence-electron chi connectivity index (χ1n) is 5.45. The summed E-state index contributed by atoms with van der Waals surface area (Å²) < 4.78 is 0.633. The number of hydrogen-bond acceptors (Lipinski definition) is 4. The van der Waals surface area contributed by atoms with Gasteiger partial charge >= 0.3 is 0 Å². The minimum absolute atomic E-state index is 0.133. The van der Waals surface area contributed by atoms with Gasteiger partial charge in [0.25, 0.3) is 5.69 Å². The predicted molar refractivity (Wildman–Crippen MR) is 73.3 cm³/mol. The van der Waals surface area contributed by atoms with Crippen LogP contribution in [0.2, 0.25) is 0 Å². The first-order chi connectivity index (χ1) is 8.13. The summed E-state index contributed by atoms with van der Waals surface area (Å²) in [7, 11) is 0. The highest BCUT2D eigenvalue weighted by atomic mass is 127. The molecule has 0 aliphatic carbocycles. The van der Waals surface area contributed by atoms with E-state index in [-0.39, 0.29) is 23.3 Å². The minimum atomic E-state index is -0.376. The van der Waals surface area contributed by atoms with Gasteiger partial charge in [0, 0.05) is 18.3 Å². The molecule has 2 rings (SSSR count). The summed E-state index contributed by atoms with van der Waals surface area (Å²) in [5.41, 5.74) is 1.09. The summed E-state index contributed by atoms with van der Waals surface area (Å²) in [5, 5.41) is 20.0. The largest absolute Gasteiger partial charge is 0.394 e.